The molecule has 0 radical (unpaired) electrons. The van der Waals surface area contributed by atoms with E-state index in [-0.39, 0.29) is 5.92 Å². The van der Waals surface area contributed by atoms with Crippen molar-refractivity contribution in [2.45, 2.75) is 45.6 Å². The third kappa shape index (κ3) is 2.99. The maximum Gasteiger partial charge on any atom is 0.161 e. The average Bonchev–Trinajstić information content (AvgIpc) is 2.62. The highest BCUT2D eigenvalue weighted by Gasteiger charge is 2.28. The molecule has 2 aromatic carbocycles. The van der Waals surface area contributed by atoms with E-state index in [0.29, 0.717) is 12.5 Å². The predicted molar refractivity (Wildman–Crippen MR) is 101 cm³/mol. The monoisotopic (exact) mass is 335 g/mol. The number of benzene rings is 2. The molecular weight excluding hydrogens is 310 g/mol. The second-order valence-electron chi connectivity index (χ2n) is 7.25. The van der Waals surface area contributed by atoms with Gasteiger partial charge in [0.15, 0.2) is 6.73 Å². The zero-order valence-electron chi connectivity index (χ0n) is 15.0. The minimum Gasteiger partial charge on any atom is -0.507 e. The van der Waals surface area contributed by atoms with Crippen LogP contribution in [0.1, 0.15) is 48.8 Å². The van der Waals surface area contributed by atoms with E-state index < -0.39 is 0 Å². The molecule has 0 aromatic heterocycles. The second-order valence-corrected chi connectivity index (χ2v) is 7.25. The molecule has 130 valence electrons. The van der Waals surface area contributed by atoms with Crippen LogP contribution in [0.4, 0.5) is 5.69 Å². The predicted octanol–water partition coefficient (Wildman–Crippen LogP) is 5.27. The van der Waals surface area contributed by atoms with Crippen LogP contribution in [0.25, 0.3) is 0 Å². The molecule has 0 saturated carbocycles. The van der Waals surface area contributed by atoms with Crippen LogP contribution in [-0.4, -0.2) is 11.8 Å². The van der Waals surface area contributed by atoms with Gasteiger partial charge in [0.05, 0.1) is 6.54 Å². The Morgan fingerprint density at radius 2 is 1.96 bits per heavy atom. The lowest BCUT2D eigenvalue weighted by molar-refractivity contribution is 0.281. The van der Waals surface area contributed by atoms with Gasteiger partial charge in [-0.25, -0.2) is 0 Å². The maximum atomic E-state index is 10.6. The SMILES string of the molecule is CC1=CC(c2c(O)cc(C)c3c2OCN(c2ccccc2)C3)CCC1. The molecule has 2 aromatic rings. The van der Waals surface area contributed by atoms with E-state index in [0.717, 1.165) is 42.0 Å². The normalized spacial score (nSPS) is 19.8. The first-order chi connectivity index (χ1) is 12.1. The maximum absolute atomic E-state index is 10.6. The molecule has 1 aliphatic heterocycles. The molecule has 0 amide bonds. The van der Waals surface area contributed by atoms with Crippen LogP contribution in [-0.2, 0) is 6.54 Å². The van der Waals surface area contributed by atoms with Crippen molar-refractivity contribution in [1.82, 2.24) is 0 Å². The van der Waals surface area contributed by atoms with Gasteiger partial charge in [0.25, 0.3) is 0 Å². The number of phenols is 1. The largest absolute Gasteiger partial charge is 0.507 e. The highest BCUT2D eigenvalue weighted by molar-refractivity contribution is 5.59. The standard InChI is InChI=1S/C22H25NO2/c1-15-7-6-8-17(11-15)21-20(24)12-16(2)19-13-23(14-25-22(19)21)18-9-4-3-5-10-18/h3-5,9-12,17,24H,6-8,13-14H2,1-2H3. The summed E-state index contributed by atoms with van der Waals surface area (Å²) in [5.41, 5.74) is 5.84. The number of rotatable bonds is 2. The fourth-order valence-corrected chi connectivity index (χ4v) is 4.07. The fourth-order valence-electron chi connectivity index (χ4n) is 4.07. The van der Waals surface area contributed by atoms with Crippen LogP contribution < -0.4 is 9.64 Å². The smallest absolute Gasteiger partial charge is 0.161 e. The Balaban J connectivity index is 1.74. The highest BCUT2D eigenvalue weighted by Crippen LogP contribution is 2.45. The Labute approximate surface area is 149 Å². The second kappa shape index (κ2) is 6.47. The Morgan fingerprint density at radius 3 is 2.72 bits per heavy atom. The van der Waals surface area contributed by atoms with Crippen LogP contribution in [0.2, 0.25) is 0 Å². The molecule has 1 aliphatic carbocycles. The van der Waals surface area contributed by atoms with Gasteiger partial charge < -0.3 is 14.7 Å². The molecular formula is C22H25NO2. The number of allylic oxidation sites excluding steroid dienone is 2. The Hall–Kier alpha value is -2.42. The number of ether oxygens (including phenoxy) is 1. The number of para-hydroxylation sites is 1. The number of fused-ring (bicyclic) bond motifs is 1. The molecule has 25 heavy (non-hydrogen) atoms. The van der Waals surface area contributed by atoms with Gasteiger partial charge in [-0.15, -0.1) is 0 Å². The lowest BCUT2D eigenvalue weighted by Gasteiger charge is -2.34. The van der Waals surface area contributed by atoms with Crippen molar-refractivity contribution in [3.63, 3.8) is 0 Å². The summed E-state index contributed by atoms with van der Waals surface area (Å²) in [6, 6.07) is 12.3. The minimum atomic E-state index is 0.256. The number of hydrogen-bond acceptors (Lipinski definition) is 3. The number of anilines is 1. The summed E-state index contributed by atoms with van der Waals surface area (Å²) < 4.78 is 6.21. The van der Waals surface area contributed by atoms with E-state index >= 15 is 0 Å². The Morgan fingerprint density at radius 1 is 1.16 bits per heavy atom. The lowest BCUT2D eigenvalue weighted by atomic mass is 9.83. The number of aryl methyl sites for hydroxylation is 1. The van der Waals surface area contributed by atoms with Gasteiger partial charge in [-0.1, -0.05) is 29.8 Å². The summed E-state index contributed by atoms with van der Waals surface area (Å²) in [7, 11) is 0. The fraction of sp³-hybridized carbons (Fsp3) is 0.364. The summed E-state index contributed by atoms with van der Waals surface area (Å²) in [6.45, 7) is 5.57. The van der Waals surface area contributed by atoms with Gasteiger partial charge in [-0.3, -0.25) is 0 Å². The molecule has 2 aliphatic rings. The molecule has 0 saturated heterocycles. The van der Waals surface area contributed by atoms with E-state index in [1.165, 1.54) is 17.6 Å². The van der Waals surface area contributed by atoms with Gasteiger partial charge in [-0.2, -0.15) is 0 Å². The quantitative estimate of drug-likeness (QED) is 0.759. The van der Waals surface area contributed by atoms with Gasteiger partial charge in [-0.05, 0) is 56.9 Å². The molecule has 3 nitrogen and oxygen atoms in total. The lowest BCUT2D eigenvalue weighted by Crippen LogP contribution is -2.33. The van der Waals surface area contributed by atoms with Crippen molar-refractivity contribution < 1.29 is 9.84 Å². The van der Waals surface area contributed by atoms with Crippen molar-refractivity contribution >= 4 is 5.69 Å². The Kier molecular flexibility index (Phi) is 4.16. The van der Waals surface area contributed by atoms with Crippen LogP contribution in [0.5, 0.6) is 11.5 Å². The molecule has 0 spiro atoms. The van der Waals surface area contributed by atoms with Gasteiger partial charge in [0.2, 0.25) is 0 Å². The van der Waals surface area contributed by atoms with Crippen LogP contribution in [0.15, 0.2) is 48.0 Å². The highest BCUT2D eigenvalue weighted by atomic mass is 16.5. The van der Waals surface area contributed by atoms with Crippen LogP contribution in [0, 0.1) is 6.92 Å². The van der Waals surface area contributed by atoms with Gasteiger partial charge in [0.1, 0.15) is 11.5 Å². The van der Waals surface area contributed by atoms with Gasteiger partial charge >= 0.3 is 0 Å². The van der Waals surface area contributed by atoms with E-state index in [1.807, 2.05) is 12.1 Å². The molecule has 1 heterocycles. The molecule has 0 fully saturated rings. The number of hydrogen-bond donors (Lipinski definition) is 1. The zero-order chi connectivity index (χ0) is 17.4. The minimum absolute atomic E-state index is 0.256. The van der Waals surface area contributed by atoms with Gasteiger partial charge in [0, 0.05) is 22.7 Å². The molecule has 3 heteroatoms. The molecule has 1 atom stereocenters. The van der Waals surface area contributed by atoms with E-state index in [2.05, 4.69) is 49.1 Å². The van der Waals surface area contributed by atoms with Crippen molar-refractivity contribution in [2.75, 3.05) is 11.6 Å². The number of aromatic hydroxyl groups is 1. The summed E-state index contributed by atoms with van der Waals surface area (Å²) in [5.74, 6) is 1.53. The first-order valence-electron chi connectivity index (χ1n) is 9.09. The van der Waals surface area contributed by atoms with Crippen molar-refractivity contribution in [2.24, 2.45) is 0 Å². The number of nitrogens with zero attached hydrogens (tertiary/aromatic N) is 1. The van der Waals surface area contributed by atoms with E-state index in [1.54, 1.807) is 0 Å². The molecule has 4 rings (SSSR count). The Bertz CT molecular complexity index is 811. The summed E-state index contributed by atoms with van der Waals surface area (Å²) in [4.78, 5) is 2.23. The molecule has 0 bridgehead atoms. The number of phenolic OH excluding ortho intramolecular Hbond substituents is 1. The first kappa shape index (κ1) is 16.1. The van der Waals surface area contributed by atoms with Crippen molar-refractivity contribution in [3.8, 4) is 11.5 Å². The van der Waals surface area contributed by atoms with Crippen LogP contribution in [0.3, 0.4) is 0 Å². The molecule has 1 unspecified atom stereocenters. The first-order valence-corrected chi connectivity index (χ1v) is 9.09. The summed E-state index contributed by atoms with van der Waals surface area (Å²) >= 11 is 0. The van der Waals surface area contributed by atoms with Crippen molar-refractivity contribution in [1.29, 1.82) is 0 Å². The molecule has 1 N–H and O–H groups in total. The third-order valence-electron chi connectivity index (χ3n) is 5.40. The van der Waals surface area contributed by atoms with E-state index in [9.17, 15) is 5.11 Å². The van der Waals surface area contributed by atoms with E-state index in [4.69, 9.17) is 4.74 Å². The third-order valence-corrected chi connectivity index (χ3v) is 5.40. The van der Waals surface area contributed by atoms with Crippen LogP contribution >= 0.6 is 0 Å². The zero-order valence-corrected chi connectivity index (χ0v) is 15.0. The topological polar surface area (TPSA) is 32.7 Å². The van der Waals surface area contributed by atoms with Crippen molar-refractivity contribution in [3.05, 3.63) is 64.7 Å². The average molecular weight is 335 g/mol. The summed E-state index contributed by atoms with van der Waals surface area (Å²) in [6.07, 6.45) is 5.71. The summed E-state index contributed by atoms with van der Waals surface area (Å²) in [5, 5.41) is 10.6.